The number of nitrogens with one attached hydrogen (secondary N) is 2. The molecule has 3 aromatic rings. The normalized spacial score (nSPS) is 10.6. The molecule has 2 aromatic carbocycles. The first-order chi connectivity index (χ1) is 14.5. The Balaban J connectivity index is 1.62. The van der Waals surface area contributed by atoms with E-state index >= 15 is 0 Å². The van der Waals surface area contributed by atoms with Crippen LogP contribution in [-0.4, -0.2) is 26.4 Å². The Labute approximate surface area is 189 Å². The predicted molar refractivity (Wildman–Crippen MR) is 125 cm³/mol. The minimum atomic E-state index is -0.103. The number of thioether (sulfide) groups is 1. The standard InChI is InChI=1S/C21H21Cl2N5OS/c1-3-9-28-19(12-24-15-7-8-17(22)18(23)11-15)26-27-21(28)30-13-20(29)25-16-6-4-5-14(2)10-16/h3-8,10-11,24H,1,9,12-13H2,2H3,(H,25,29). The fourth-order valence-corrected chi connectivity index (χ4v) is 3.77. The lowest BCUT2D eigenvalue weighted by atomic mass is 10.2. The van der Waals surface area contributed by atoms with Gasteiger partial charge in [-0.3, -0.25) is 4.79 Å². The summed E-state index contributed by atoms with van der Waals surface area (Å²) >= 11 is 13.3. The molecule has 0 radical (unpaired) electrons. The summed E-state index contributed by atoms with van der Waals surface area (Å²) in [6, 6.07) is 13.0. The first-order valence-corrected chi connectivity index (χ1v) is 10.9. The molecule has 0 atom stereocenters. The van der Waals surface area contributed by atoms with Crippen molar-refractivity contribution in [2.75, 3.05) is 16.4 Å². The topological polar surface area (TPSA) is 71.8 Å². The van der Waals surface area contributed by atoms with Gasteiger partial charge in [-0.2, -0.15) is 0 Å². The average molecular weight is 462 g/mol. The highest BCUT2D eigenvalue weighted by Crippen LogP contribution is 2.25. The van der Waals surface area contributed by atoms with Gasteiger partial charge in [-0.15, -0.1) is 16.8 Å². The predicted octanol–water partition coefficient (Wildman–Crippen LogP) is 5.42. The zero-order valence-electron chi connectivity index (χ0n) is 16.4. The number of hydrogen-bond acceptors (Lipinski definition) is 5. The number of hydrogen-bond donors (Lipinski definition) is 2. The maximum absolute atomic E-state index is 12.3. The van der Waals surface area contributed by atoms with Gasteiger partial charge in [0, 0.05) is 17.9 Å². The van der Waals surface area contributed by atoms with Gasteiger partial charge >= 0.3 is 0 Å². The molecule has 2 N–H and O–H groups in total. The minimum Gasteiger partial charge on any atom is -0.378 e. The van der Waals surface area contributed by atoms with E-state index < -0.39 is 0 Å². The lowest BCUT2D eigenvalue weighted by Crippen LogP contribution is -2.15. The SMILES string of the molecule is C=CCn1c(CNc2ccc(Cl)c(Cl)c2)nnc1SCC(=O)Nc1cccc(C)c1. The van der Waals surface area contributed by atoms with E-state index in [1.165, 1.54) is 11.8 Å². The largest absolute Gasteiger partial charge is 0.378 e. The molecule has 0 bridgehead atoms. The van der Waals surface area contributed by atoms with Crippen LogP contribution in [0, 0.1) is 6.92 Å². The fourth-order valence-electron chi connectivity index (χ4n) is 2.71. The number of nitrogens with zero attached hydrogens (tertiary/aromatic N) is 3. The summed E-state index contributed by atoms with van der Waals surface area (Å²) < 4.78 is 1.92. The third-order valence-electron chi connectivity index (χ3n) is 4.11. The van der Waals surface area contributed by atoms with Crippen LogP contribution in [0.25, 0.3) is 0 Å². The second kappa shape index (κ2) is 10.5. The van der Waals surface area contributed by atoms with Gasteiger partial charge in [-0.1, -0.05) is 53.2 Å². The minimum absolute atomic E-state index is 0.103. The van der Waals surface area contributed by atoms with Gasteiger partial charge in [0.05, 0.1) is 22.3 Å². The molecule has 9 heteroatoms. The Bertz CT molecular complexity index is 1050. The van der Waals surface area contributed by atoms with E-state index in [1.807, 2.05) is 41.8 Å². The van der Waals surface area contributed by atoms with Crippen molar-refractivity contribution < 1.29 is 4.79 Å². The van der Waals surface area contributed by atoms with Gasteiger partial charge < -0.3 is 15.2 Å². The first kappa shape index (κ1) is 22.2. The van der Waals surface area contributed by atoms with Crippen molar-refractivity contribution >= 4 is 52.2 Å². The number of carbonyl (C=O) groups is 1. The van der Waals surface area contributed by atoms with Crippen molar-refractivity contribution in [3.05, 3.63) is 76.6 Å². The number of halogens is 2. The number of rotatable bonds is 9. The molecule has 3 rings (SSSR count). The van der Waals surface area contributed by atoms with Crippen LogP contribution >= 0.6 is 35.0 Å². The van der Waals surface area contributed by atoms with E-state index in [4.69, 9.17) is 23.2 Å². The van der Waals surface area contributed by atoms with Crippen molar-refractivity contribution in [3.8, 4) is 0 Å². The summed E-state index contributed by atoms with van der Waals surface area (Å²) in [6.45, 7) is 6.76. The number of amides is 1. The molecule has 0 aliphatic rings. The van der Waals surface area contributed by atoms with E-state index in [0.29, 0.717) is 28.3 Å². The number of anilines is 2. The van der Waals surface area contributed by atoms with E-state index in [2.05, 4.69) is 27.4 Å². The summed E-state index contributed by atoms with van der Waals surface area (Å²) in [6.07, 6.45) is 1.77. The smallest absolute Gasteiger partial charge is 0.234 e. The Morgan fingerprint density at radius 2 is 2.00 bits per heavy atom. The summed E-state index contributed by atoms with van der Waals surface area (Å²) in [5.41, 5.74) is 2.69. The average Bonchev–Trinajstić information content (AvgIpc) is 3.09. The maximum atomic E-state index is 12.3. The summed E-state index contributed by atoms with van der Waals surface area (Å²) in [4.78, 5) is 12.3. The Hall–Kier alpha value is -2.48. The Morgan fingerprint density at radius 1 is 1.17 bits per heavy atom. The molecule has 0 spiro atoms. The van der Waals surface area contributed by atoms with Crippen LogP contribution < -0.4 is 10.6 Å². The van der Waals surface area contributed by atoms with Crippen LogP contribution in [0.4, 0.5) is 11.4 Å². The zero-order valence-corrected chi connectivity index (χ0v) is 18.7. The highest BCUT2D eigenvalue weighted by atomic mass is 35.5. The van der Waals surface area contributed by atoms with Crippen molar-refractivity contribution in [2.45, 2.75) is 25.2 Å². The van der Waals surface area contributed by atoms with Crippen molar-refractivity contribution in [3.63, 3.8) is 0 Å². The highest BCUT2D eigenvalue weighted by Gasteiger charge is 2.14. The number of carbonyl (C=O) groups excluding carboxylic acids is 1. The van der Waals surface area contributed by atoms with Crippen molar-refractivity contribution in [1.29, 1.82) is 0 Å². The van der Waals surface area contributed by atoms with Gasteiger partial charge in [-0.25, -0.2) is 0 Å². The van der Waals surface area contributed by atoms with Crippen LogP contribution in [0.1, 0.15) is 11.4 Å². The zero-order chi connectivity index (χ0) is 21.5. The van der Waals surface area contributed by atoms with E-state index in [-0.39, 0.29) is 11.7 Å². The van der Waals surface area contributed by atoms with Crippen LogP contribution in [0.15, 0.2) is 60.3 Å². The molecule has 0 saturated heterocycles. The van der Waals surface area contributed by atoms with Gasteiger partial charge in [0.15, 0.2) is 11.0 Å². The molecule has 6 nitrogen and oxygen atoms in total. The molecule has 0 fully saturated rings. The molecule has 30 heavy (non-hydrogen) atoms. The summed E-state index contributed by atoms with van der Waals surface area (Å²) in [7, 11) is 0. The quantitative estimate of drug-likeness (QED) is 0.328. The number of aryl methyl sites for hydroxylation is 1. The third-order valence-corrected chi connectivity index (χ3v) is 5.82. The Kier molecular flexibility index (Phi) is 7.79. The van der Waals surface area contributed by atoms with Crippen LogP contribution in [-0.2, 0) is 17.9 Å². The molecule has 1 heterocycles. The van der Waals surface area contributed by atoms with Crippen LogP contribution in [0.5, 0.6) is 0 Å². The van der Waals surface area contributed by atoms with Crippen LogP contribution in [0.3, 0.4) is 0 Å². The molecule has 0 aliphatic carbocycles. The Morgan fingerprint density at radius 3 is 2.73 bits per heavy atom. The highest BCUT2D eigenvalue weighted by molar-refractivity contribution is 7.99. The fraction of sp³-hybridized carbons (Fsp3) is 0.190. The van der Waals surface area contributed by atoms with Gasteiger partial charge in [0.25, 0.3) is 0 Å². The monoisotopic (exact) mass is 461 g/mol. The van der Waals surface area contributed by atoms with Gasteiger partial charge in [0.2, 0.25) is 5.91 Å². The van der Waals surface area contributed by atoms with Gasteiger partial charge in [0.1, 0.15) is 0 Å². The van der Waals surface area contributed by atoms with Gasteiger partial charge in [-0.05, 0) is 42.8 Å². The molecular weight excluding hydrogens is 441 g/mol. The lowest BCUT2D eigenvalue weighted by Gasteiger charge is -2.10. The third kappa shape index (κ3) is 6.01. The van der Waals surface area contributed by atoms with E-state index in [1.54, 1.807) is 18.2 Å². The molecule has 1 aromatic heterocycles. The summed E-state index contributed by atoms with van der Waals surface area (Å²) in [5, 5.41) is 16.3. The number of allylic oxidation sites excluding steroid dienone is 1. The second-order valence-electron chi connectivity index (χ2n) is 6.49. The van der Waals surface area contributed by atoms with E-state index in [9.17, 15) is 4.79 Å². The number of aromatic nitrogens is 3. The molecular formula is C21H21Cl2N5OS. The number of benzene rings is 2. The molecule has 0 saturated carbocycles. The van der Waals surface area contributed by atoms with Crippen molar-refractivity contribution in [1.82, 2.24) is 14.8 Å². The molecule has 156 valence electrons. The van der Waals surface area contributed by atoms with E-state index in [0.717, 1.165) is 22.8 Å². The molecule has 0 aliphatic heterocycles. The van der Waals surface area contributed by atoms with Crippen molar-refractivity contribution in [2.24, 2.45) is 0 Å². The lowest BCUT2D eigenvalue weighted by molar-refractivity contribution is -0.113. The van der Waals surface area contributed by atoms with Crippen LogP contribution in [0.2, 0.25) is 10.0 Å². The second-order valence-corrected chi connectivity index (χ2v) is 8.24. The molecule has 1 amide bonds. The first-order valence-electron chi connectivity index (χ1n) is 9.17. The maximum Gasteiger partial charge on any atom is 0.234 e. The summed E-state index contributed by atoms with van der Waals surface area (Å²) in [5.74, 6) is 0.848. The molecule has 0 unspecified atom stereocenters.